The number of rotatable bonds is 10. The summed E-state index contributed by atoms with van der Waals surface area (Å²) in [5.74, 6) is 1.75. The number of ether oxygens (including phenoxy) is 2. The molecule has 2 saturated carbocycles. The number of halogens is 1. The first kappa shape index (κ1) is 28.7. The molecule has 216 valence electrons. The van der Waals surface area contributed by atoms with Gasteiger partial charge in [-0.3, -0.25) is 4.79 Å². The van der Waals surface area contributed by atoms with Crippen molar-refractivity contribution in [3.63, 3.8) is 0 Å². The Hall–Kier alpha value is -2.77. The summed E-state index contributed by atoms with van der Waals surface area (Å²) in [7, 11) is 0. The van der Waals surface area contributed by atoms with E-state index < -0.39 is 5.91 Å². The number of carbonyl (C=O) groups is 1. The third-order valence-corrected chi connectivity index (χ3v) is 8.40. The minimum absolute atomic E-state index is 0.176. The minimum Gasteiger partial charge on any atom is -0.493 e. The fourth-order valence-corrected chi connectivity index (χ4v) is 5.89. The Labute approximate surface area is 243 Å². The molecule has 8 heteroatoms. The van der Waals surface area contributed by atoms with Crippen molar-refractivity contribution in [2.75, 3.05) is 26.2 Å². The number of oxime groups is 1. The van der Waals surface area contributed by atoms with Crippen LogP contribution in [0.2, 0.25) is 5.02 Å². The molecule has 0 bridgehead atoms. The molecule has 0 unspecified atom stereocenters. The van der Waals surface area contributed by atoms with E-state index in [1.54, 1.807) is 0 Å². The van der Waals surface area contributed by atoms with E-state index in [4.69, 9.17) is 31.6 Å². The summed E-state index contributed by atoms with van der Waals surface area (Å²) in [6, 6.07) is 11.9. The molecule has 2 heterocycles. The summed E-state index contributed by atoms with van der Waals surface area (Å²) in [5.41, 5.74) is 8.42. The maximum Gasteiger partial charge on any atom is 0.271 e. The van der Waals surface area contributed by atoms with Crippen molar-refractivity contribution in [3.8, 4) is 11.5 Å². The molecule has 2 N–H and O–H groups in total. The Bertz CT molecular complexity index is 1170. The molecule has 0 atom stereocenters. The van der Waals surface area contributed by atoms with Gasteiger partial charge in [0.25, 0.3) is 5.91 Å². The molecular formula is C32H42ClN3O4. The van der Waals surface area contributed by atoms with E-state index in [1.807, 2.05) is 24.3 Å². The second kappa shape index (κ2) is 14.2. The zero-order valence-corrected chi connectivity index (χ0v) is 24.2. The highest BCUT2D eigenvalue weighted by Gasteiger charge is 2.24. The molecule has 2 aromatic carbocycles. The fraction of sp³-hybridized carbons (Fsp3) is 0.562. The van der Waals surface area contributed by atoms with Crippen molar-refractivity contribution in [2.45, 2.75) is 83.3 Å². The lowest BCUT2D eigenvalue weighted by Gasteiger charge is -2.22. The zero-order chi connectivity index (χ0) is 27.7. The largest absolute Gasteiger partial charge is 0.493 e. The molecule has 40 heavy (non-hydrogen) atoms. The fourth-order valence-electron chi connectivity index (χ4n) is 5.65. The maximum atomic E-state index is 11.3. The van der Waals surface area contributed by atoms with Gasteiger partial charge in [-0.15, -0.1) is 0 Å². The molecule has 2 aromatic rings. The van der Waals surface area contributed by atoms with E-state index in [0.29, 0.717) is 18.6 Å². The number of carbonyl (C=O) groups excluding carboxylic acids is 1. The van der Waals surface area contributed by atoms with Crippen LogP contribution in [0.25, 0.3) is 0 Å². The Balaban J connectivity index is 0.000000162. The Morgan fingerprint density at radius 2 is 1.82 bits per heavy atom. The highest BCUT2D eigenvalue weighted by atomic mass is 35.5. The first-order valence-corrected chi connectivity index (χ1v) is 15.4. The summed E-state index contributed by atoms with van der Waals surface area (Å²) in [4.78, 5) is 18.9. The molecule has 6 rings (SSSR count). The van der Waals surface area contributed by atoms with Crippen molar-refractivity contribution >= 4 is 23.2 Å². The molecule has 2 aliphatic carbocycles. The quantitative estimate of drug-likeness (QED) is 0.365. The monoisotopic (exact) mass is 567 g/mol. The third-order valence-electron chi connectivity index (χ3n) is 8.10. The van der Waals surface area contributed by atoms with E-state index in [-0.39, 0.29) is 5.71 Å². The average molecular weight is 568 g/mol. The number of aryl methyl sites for hydroxylation is 1. The minimum atomic E-state index is -0.577. The molecule has 4 aliphatic rings. The highest BCUT2D eigenvalue weighted by Crippen LogP contribution is 2.32. The summed E-state index contributed by atoms with van der Waals surface area (Å²) in [6.45, 7) is 4.89. The molecule has 7 nitrogen and oxygen atoms in total. The molecule has 1 amide bonds. The lowest BCUT2D eigenvalue weighted by Crippen LogP contribution is -2.27. The van der Waals surface area contributed by atoms with Gasteiger partial charge < -0.3 is 24.9 Å². The Morgan fingerprint density at radius 1 is 1.02 bits per heavy atom. The summed E-state index contributed by atoms with van der Waals surface area (Å²) < 4.78 is 11.7. The zero-order valence-electron chi connectivity index (χ0n) is 23.4. The third kappa shape index (κ3) is 8.37. The van der Waals surface area contributed by atoms with Gasteiger partial charge in [-0.25, -0.2) is 0 Å². The molecule has 2 aliphatic heterocycles. The van der Waals surface area contributed by atoms with Crippen molar-refractivity contribution in [2.24, 2.45) is 16.8 Å². The van der Waals surface area contributed by atoms with Gasteiger partial charge in [0, 0.05) is 11.1 Å². The summed E-state index contributed by atoms with van der Waals surface area (Å²) >= 11 is 6.27. The van der Waals surface area contributed by atoms with Crippen LogP contribution in [0.4, 0.5) is 0 Å². The van der Waals surface area contributed by atoms with Gasteiger partial charge in [-0.1, -0.05) is 42.1 Å². The number of primary amides is 1. The molecule has 0 aromatic heterocycles. The van der Waals surface area contributed by atoms with Crippen LogP contribution in [-0.2, 0) is 22.7 Å². The van der Waals surface area contributed by atoms with E-state index in [0.717, 1.165) is 40.7 Å². The standard InChI is InChI=1S/C16H22ClNO.C16H20N2O3/c17-15-12-13(4-3-11-18-9-1-2-10-18)5-8-16(15)19-14-6-7-14;17-16(19)15-14-7-6-13(8-12(14)10-21-18-15)20-9-11-4-2-1-3-5-11/h5,8,12,14H,1-4,6-7,9-11H2;6-8,11H,1-5,9-10H2,(H2,17,19). The normalized spacial score (nSPS) is 19.1. The summed E-state index contributed by atoms with van der Waals surface area (Å²) in [5, 5.41) is 4.49. The molecule has 3 fully saturated rings. The van der Waals surface area contributed by atoms with Gasteiger partial charge in [-0.2, -0.15) is 0 Å². The van der Waals surface area contributed by atoms with Crippen LogP contribution in [0.5, 0.6) is 11.5 Å². The van der Waals surface area contributed by atoms with Crippen LogP contribution < -0.4 is 15.2 Å². The highest BCUT2D eigenvalue weighted by molar-refractivity contribution is 6.45. The van der Waals surface area contributed by atoms with Crippen molar-refractivity contribution in [1.29, 1.82) is 0 Å². The van der Waals surface area contributed by atoms with Crippen molar-refractivity contribution in [1.82, 2.24) is 4.90 Å². The van der Waals surface area contributed by atoms with Crippen LogP contribution in [0.3, 0.4) is 0 Å². The van der Waals surface area contributed by atoms with Crippen LogP contribution in [0, 0.1) is 5.92 Å². The van der Waals surface area contributed by atoms with E-state index in [9.17, 15) is 4.79 Å². The average Bonchev–Trinajstić information content (AvgIpc) is 3.64. The summed E-state index contributed by atoms with van der Waals surface area (Å²) in [6.07, 6.45) is 14.3. The molecule has 0 spiro atoms. The maximum absolute atomic E-state index is 11.3. The Morgan fingerprint density at radius 3 is 2.55 bits per heavy atom. The molecule has 0 radical (unpaired) electrons. The number of hydrogen-bond acceptors (Lipinski definition) is 6. The van der Waals surface area contributed by atoms with Crippen LogP contribution in [-0.4, -0.2) is 48.9 Å². The topological polar surface area (TPSA) is 86.4 Å². The van der Waals surface area contributed by atoms with Crippen LogP contribution in [0.1, 0.15) is 80.9 Å². The number of amides is 1. The van der Waals surface area contributed by atoms with Gasteiger partial charge in [0.15, 0.2) is 5.71 Å². The molecular weight excluding hydrogens is 526 g/mol. The number of nitrogens with zero attached hydrogens (tertiary/aromatic N) is 2. The van der Waals surface area contributed by atoms with E-state index in [1.165, 1.54) is 89.4 Å². The molecule has 1 saturated heterocycles. The number of likely N-dealkylation sites (tertiary alicyclic amines) is 1. The van der Waals surface area contributed by atoms with Crippen molar-refractivity contribution < 1.29 is 19.1 Å². The van der Waals surface area contributed by atoms with Gasteiger partial charge in [0.1, 0.15) is 18.1 Å². The Kier molecular flexibility index (Phi) is 10.2. The smallest absolute Gasteiger partial charge is 0.271 e. The van der Waals surface area contributed by atoms with Gasteiger partial charge in [0.05, 0.1) is 17.7 Å². The van der Waals surface area contributed by atoms with Crippen LogP contribution in [0.15, 0.2) is 41.6 Å². The second-order valence-corrected chi connectivity index (χ2v) is 11.9. The van der Waals surface area contributed by atoms with Crippen LogP contribution >= 0.6 is 11.6 Å². The number of benzene rings is 2. The number of fused-ring (bicyclic) bond motifs is 1. The first-order chi connectivity index (χ1) is 19.5. The van der Waals surface area contributed by atoms with Gasteiger partial charge in [0.2, 0.25) is 0 Å². The van der Waals surface area contributed by atoms with Gasteiger partial charge in [-0.05, 0) is 113 Å². The SMILES string of the molecule is Clc1cc(CCCN2CCCC2)ccc1OC1CC1.NC(=O)C1=NOCc2cc(OCC3CCCCC3)ccc21. The number of nitrogens with two attached hydrogens (primary N) is 1. The second-order valence-electron chi connectivity index (χ2n) is 11.4. The lowest BCUT2D eigenvalue weighted by molar-refractivity contribution is -0.112. The van der Waals surface area contributed by atoms with E-state index >= 15 is 0 Å². The van der Waals surface area contributed by atoms with Crippen molar-refractivity contribution in [3.05, 3.63) is 58.1 Å². The lowest BCUT2D eigenvalue weighted by atomic mass is 9.90. The predicted octanol–water partition coefficient (Wildman–Crippen LogP) is 6.27. The number of hydrogen-bond donors (Lipinski definition) is 1. The van der Waals surface area contributed by atoms with E-state index in [2.05, 4.69) is 22.2 Å². The predicted molar refractivity (Wildman–Crippen MR) is 158 cm³/mol. The first-order valence-electron chi connectivity index (χ1n) is 15.0. The van der Waals surface area contributed by atoms with Gasteiger partial charge >= 0.3 is 0 Å².